The Balaban J connectivity index is 1.97. The molecule has 0 bridgehead atoms. The lowest BCUT2D eigenvalue weighted by Crippen LogP contribution is -2.41. The lowest BCUT2D eigenvalue weighted by molar-refractivity contribution is -0.120. The number of amides is 1. The van der Waals surface area contributed by atoms with E-state index in [1.807, 2.05) is 25.1 Å². The zero-order valence-corrected chi connectivity index (χ0v) is 13.7. The van der Waals surface area contributed by atoms with E-state index in [0.29, 0.717) is 5.02 Å². The third-order valence-corrected chi connectivity index (χ3v) is 4.50. The van der Waals surface area contributed by atoms with Gasteiger partial charge in [0.2, 0.25) is 5.91 Å². The molecule has 5 heteroatoms. The molecule has 21 heavy (non-hydrogen) atoms. The lowest BCUT2D eigenvalue weighted by Gasteiger charge is -2.26. The summed E-state index contributed by atoms with van der Waals surface area (Å²) in [5.74, 6) is -0.00396. The Labute approximate surface area is 134 Å². The van der Waals surface area contributed by atoms with Crippen molar-refractivity contribution in [2.45, 2.75) is 26.4 Å². The first-order valence-corrected chi connectivity index (χ1v) is 8.18. The van der Waals surface area contributed by atoms with Gasteiger partial charge in [-0.1, -0.05) is 24.6 Å². The molecule has 1 amide bonds. The van der Waals surface area contributed by atoms with Crippen LogP contribution in [0.3, 0.4) is 0 Å². The first kappa shape index (κ1) is 16.0. The Morgan fingerprint density at radius 1 is 1.33 bits per heavy atom. The standard InChI is InChI=1S/C16H19ClN2OS/c1-3-19(11-15-5-4-10-21-15)12(2)16(20)18-14-8-6-13(17)7-9-14/h4-10,12H,3,11H2,1-2H3,(H,18,20)/t12-/m1/s1. The molecule has 112 valence electrons. The summed E-state index contributed by atoms with van der Waals surface area (Å²) in [4.78, 5) is 15.8. The first-order chi connectivity index (χ1) is 10.1. The second kappa shape index (κ2) is 7.59. The maximum atomic E-state index is 12.3. The van der Waals surface area contributed by atoms with Crippen LogP contribution in [-0.2, 0) is 11.3 Å². The molecule has 0 spiro atoms. The Morgan fingerprint density at radius 2 is 2.05 bits per heavy atom. The number of hydrogen-bond acceptors (Lipinski definition) is 3. The number of thiophene rings is 1. The molecule has 0 fully saturated rings. The molecular weight excluding hydrogens is 304 g/mol. The highest BCUT2D eigenvalue weighted by Gasteiger charge is 2.20. The molecule has 2 aromatic rings. The predicted molar refractivity (Wildman–Crippen MR) is 89.9 cm³/mol. The summed E-state index contributed by atoms with van der Waals surface area (Å²) in [5.41, 5.74) is 0.767. The summed E-state index contributed by atoms with van der Waals surface area (Å²) >= 11 is 7.56. The third kappa shape index (κ3) is 4.56. The maximum absolute atomic E-state index is 12.3. The molecule has 2 rings (SSSR count). The van der Waals surface area contributed by atoms with Gasteiger partial charge in [-0.3, -0.25) is 9.69 Å². The van der Waals surface area contributed by atoms with Crippen LogP contribution in [0.2, 0.25) is 5.02 Å². The zero-order chi connectivity index (χ0) is 15.2. The van der Waals surface area contributed by atoms with Gasteiger partial charge in [-0.15, -0.1) is 11.3 Å². The van der Waals surface area contributed by atoms with Gasteiger partial charge in [-0.25, -0.2) is 0 Å². The average Bonchev–Trinajstić information content (AvgIpc) is 2.99. The van der Waals surface area contributed by atoms with E-state index in [9.17, 15) is 4.79 Å². The largest absolute Gasteiger partial charge is 0.325 e. The van der Waals surface area contributed by atoms with Crippen molar-refractivity contribution in [2.24, 2.45) is 0 Å². The molecule has 1 N–H and O–H groups in total. The molecular formula is C16H19ClN2OS. The molecule has 0 aliphatic carbocycles. The van der Waals surface area contributed by atoms with Gasteiger partial charge in [0.1, 0.15) is 0 Å². The van der Waals surface area contributed by atoms with Gasteiger partial charge in [0.25, 0.3) is 0 Å². The molecule has 0 radical (unpaired) electrons. The number of carbonyl (C=O) groups excluding carboxylic acids is 1. The molecule has 0 saturated carbocycles. The SMILES string of the molecule is CCN(Cc1cccs1)[C@H](C)C(=O)Nc1ccc(Cl)cc1. The van der Waals surface area contributed by atoms with Crippen molar-refractivity contribution in [3.05, 3.63) is 51.7 Å². The van der Waals surface area contributed by atoms with Crippen LogP contribution in [-0.4, -0.2) is 23.4 Å². The Hall–Kier alpha value is -1.36. The van der Waals surface area contributed by atoms with Crippen molar-refractivity contribution in [3.63, 3.8) is 0 Å². The molecule has 1 atom stereocenters. The van der Waals surface area contributed by atoms with Gasteiger partial charge in [-0.05, 0) is 49.2 Å². The minimum atomic E-state index is -0.187. The first-order valence-electron chi connectivity index (χ1n) is 6.93. The van der Waals surface area contributed by atoms with E-state index in [0.717, 1.165) is 18.8 Å². The van der Waals surface area contributed by atoms with E-state index in [2.05, 4.69) is 28.6 Å². The number of nitrogens with one attached hydrogen (secondary N) is 1. The highest BCUT2D eigenvalue weighted by Crippen LogP contribution is 2.16. The fourth-order valence-electron chi connectivity index (χ4n) is 2.07. The van der Waals surface area contributed by atoms with Crippen molar-refractivity contribution >= 4 is 34.5 Å². The van der Waals surface area contributed by atoms with Crippen LogP contribution >= 0.6 is 22.9 Å². The highest BCUT2D eigenvalue weighted by atomic mass is 35.5. The van der Waals surface area contributed by atoms with Gasteiger partial charge in [0.05, 0.1) is 6.04 Å². The van der Waals surface area contributed by atoms with E-state index >= 15 is 0 Å². The molecule has 1 aromatic heterocycles. The molecule has 0 aliphatic rings. The topological polar surface area (TPSA) is 32.3 Å². The summed E-state index contributed by atoms with van der Waals surface area (Å²) in [6.45, 7) is 5.62. The Bertz CT molecular complexity index is 568. The van der Waals surface area contributed by atoms with E-state index in [4.69, 9.17) is 11.6 Å². The maximum Gasteiger partial charge on any atom is 0.241 e. The van der Waals surface area contributed by atoms with Crippen LogP contribution in [0.15, 0.2) is 41.8 Å². The molecule has 1 aromatic carbocycles. The third-order valence-electron chi connectivity index (χ3n) is 3.38. The number of likely N-dealkylation sites (N-methyl/N-ethyl adjacent to an activating group) is 1. The predicted octanol–water partition coefficient (Wildman–Crippen LogP) is 4.25. The fraction of sp³-hybridized carbons (Fsp3) is 0.312. The quantitative estimate of drug-likeness (QED) is 0.862. The van der Waals surface area contributed by atoms with Crippen LogP contribution < -0.4 is 5.32 Å². The van der Waals surface area contributed by atoms with Crippen molar-refractivity contribution in [1.82, 2.24) is 4.90 Å². The monoisotopic (exact) mass is 322 g/mol. The Morgan fingerprint density at radius 3 is 2.62 bits per heavy atom. The Kier molecular flexibility index (Phi) is 5.79. The van der Waals surface area contributed by atoms with E-state index in [-0.39, 0.29) is 11.9 Å². The number of hydrogen-bond donors (Lipinski definition) is 1. The summed E-state index contributed by atoms with van der Waals surface area (Å²) in [5, 5.41) is 5.65. The van der Waals surface area contributed by atoms with Crippen molar-refractivity contribution in [3.8, 4) is 0 Å². The van der Waals surface area contributed by atoms with Gasteiger partial charge in [0, 0.05) is 22.1 Å². The van der Waals surface area contributed by atoms with Crippen LogP contribution in [0, 0.1) is 0 Å². The normalized spacial score (nSPS) is 12.4. The van der Waals surface area contributed by atoms with Crippen LogP contribution in [0.1, 0.15) is 18.7 Å². The summed E-state index contributed by atoms with van der Waals surface area (Å²) in [6.07, 6.45) is 0. The van der Waals surface area contributed by atoms with Crippen LogP contribution in [0.5, 0.6) is 0 Å². The van der Waals surface area contributed by atoms with E-state index in [1.54, 1.807) is 23.5 Å². The van der Waals surface area contributed by atoms with Gasteiger partial charge in [0.15, 0.2) is 0 Å². The fourth-order valence-corrected chi connectivity index (χ4v) is 2.93. The number of rotatable bonds is 6. The number of benzene rings is 1. The van der Waals surface area contributed by atoms with Crippen molar-refractivity contribution in [1.29, 1.82) is 0 Å². The summed E-state index contributed by atoms with van der Waals surface area (Å²) in [6, 6.07) is 11.1. The van der Waals surface area contributed by atoms with Crippen molar-refractivity contribution < 1.29 is 4.79 Å². The number of anilines is 1. The minimum absolute atomic E-state index is 0.00396. The zero-order valence-electron chi connectivity index (χ0n) is 12.2. The average molecular weight is 323 g/mol. The second-order valence-corrected chi connectivity index (χ2v) is 6.28. The molecule has 3 nitrogen and oxygen atoms in total. The highest BCUT2D eigenvalue weighted by molar-refractivity contribution is 7.09. The summed E-state index contributed by atoms with van der Waals surface area (Å²) < 4.78 is 0. The molecule has 1 heterocycles. The minimum Gasteiger partial charge on any atom is -0.325 e. The van der Waals surface area contributed by atoms with Crippen molar-refractivity contribution in [2.75, 3.05) is 11.9 Å². The number of nitrogens with zero attached hydrogens (tertiary/aromatic N) is 1. The van der Waals surface area contributed by atoms with E-state index in [1.165, 1.54) is 4.88 Å². The van der Waals surface area contributed by atoms with Gasteiger partial charge >= 0.3 is 0 Å². The summed E-state index contributed by atoms with van der Waals surface area (Å²) in [7, 11) is 0. The second-order valence-electron chi connectivity index (χ2n) is 4.81. The number of carbonyl (C=O) groups is 1. The molecule has 0 aliphatic heterocycles. The van der Waals surface area contributed by atoms with E-state index < -0.39 is 0 Å². The van der Waals surface area contributed by atoms with Gasteiger partial charge in [-0.2, -0.15) is 0 Å². The van der Waals surface area contributed by atoms with Crippen LogP contribution in [0.25, 0.3) is 0 Å². The molecule has 0 saturated heterocycles. The lowest BCUT2D eigenvalue weighted by atomic mass is 10.2. The van der Waals surface area contributed by atoms with Gasteiger partial charge < -0.3 is 5.32 Å². The molecule has 0 unspecified atom stereocenters. The van der Waals surface area contributed by atoms with Crippen LogP contribution in [0.4, 0.5) is 5.69 Å². The number of halogens is 1. The smallest absolute Gasteiger partial charge is 0.241 e.